The van der Waals surface area contributed by atoms with Gasteiger partial charge in [0.05, 0.1) is 6.10 Å². The second kappa shape index (κ2) is 5.78. The van der Waals surface area contributed by atoms with Gasteiger partial charge in [-0.25, -0.2) is 13.2 Å². The fraction of sp³-hybridized carbons (Fsp3) is 0.615. The van der Waals surface area contributed by atoms with Gasteiger partial charge in [-0.05, 0) is 26.7 Å². The van der Waals surface area contributed by atoms with Crippen molar-refractivity contribution >= 4 is 16.0 Å². The Hall–Kier alpha value is -1.38. The van der Waals surface area contributed by atoms with Crippen molar-refractivity contribution in [2.45, 2.75) is 37.7 Å². The smallest absolute Gasteiger partial charge is 0.340 e. The Kier molecular flexibility index (Phi) is 4.40. The summed E-state index contributed by atoms with van der Waals surface area (Å²) in [5.74, 6) is -1.11. The lowest BCUT2D eigenvalue weighted by atomic mass is 10.1. The van der Waals surface area contributed by atoms with Gasteiger partial charge in [-0.15, -0.1) is 0 Å². The molecular formula is C13H19NO6S. The highest BCUT2D eigenvalue weighted by Crippen LogP contribution is 2.31. The summed E-state index contributed by atoms with van der Waals surface area (Å²) >= 11 is 0. The summed E-state index contributed by atoms with van der Waals surface area (Å²) in [6.07, 6.45) is 1.29. The first-order valence-corrected chi connectivity index (χ1v) is 8.09. The summed E-state index contributed by atoms with van der Waals surface area (Å²) in [4.78, 5) is 11.1. The first kappa shape index (κ1) is 16.0. The number of furan rings is 1. The molecule has 1 fully saturated rings. The molecule has 1 unspecified atom stereocenters. The van der Waals surface area contributed by atoms with Crippen LogP contribution < -0.4 is 0 Å². The molecule has 2 heterocycles. The second-order valence-electron chi connectivity index (χ2n) is 5.09. The summed E-state index contributed by atoms with van der Waals surface area (Å²) < 4.78 is 37.2. The molecule has 1 aromatic rings. The largest absolute Gasteiger partial charge is 0.478 e. The lowest BCUT2D eigenvalue weighted by molar-refractivity contribution is 0.0571. The molecule has 1 atom stereocenters. The first-order chi connectivity index (χ1) is 9.78. The van der Waals surface area contributed by atoms with Gasteiger partial charge in [-0.1, -0.05) is 0 Å². The van der Waals surface area contributed by atoms with Gasteiger partial charge >= 0.3 is 5.97 Å². The highest BCUT2D eigenvalue weighted by atomic mass is 32.2. The summed E-state index contributed by atoms with van der Waals surface area (Å²) in [5, 5.41) is 9.25. The Morgan fingerprint density at radius 3 is 2.62 bits per heavy atom. The number of piperidine rings is 1. The maximum Gasteiger partial charge on any atom is 0.340 e. The Morgan fingerprint density at radius 2 is 2.05 bits per heavy atom. The molecule has 1 N–H and O–H groups in total. The number of sulfonamides is 1. The minimum absolute atomic E-state index is 0.0962. The predicted molar refractivity (Wildman–Crippen MR) is 73.9 cm³/mol. The third kappa shape index (κ3) is 2.83. The van der Waals surface area contributed by atoms with Crippen LogP contribution >= 0.6 is 0 Å². The third-order valence-corrected chi connectivity index (χ3v) is 5.71. The lowest BCUT2D eigenvalue weighted by Crippen LogP contribution is -2.43. The number of ether oxygens (including phenoxy) is 1. The van der Waals surface area contributed by atoms with E-state index in [9.17, 15) is 18.3 Å². The SMILES string of the molecule is COC1CCCN(S(=O)(=O)c2c(C)oc(C)c2C(=O)O)C1. The van der Waals surface area contributed by atoms with Crippen LogP contribution in [0.5, 0.6) is 0 Å². The highest BCUT2D eigenvalue weighted by Gasteiger charge is 2.37. The Bertz CT molecular complexity index is 648. The molecule has 1 aromatic heterocycles. The van der Waals surface area contributed by atoms with Crippen LogP contribution in [0, 0.1) is 13.8 Å². The molecule has 0 spiro atoms. The zero-order valence-corrected chi connectivity index (χ0v) is 13.1. The van der Waals surface area contributed by atoms with E-state index in [2.05, 4.69) is 0 Å². The van der Waals surface area contributed by atoms with Gasteiger partial charge in [0.25, 0.3) is 0 Å². The van der Waals surface area contributed by atoms with E-state index in [0.29, 0.717) is 13.0 Å². The Balaban J connectivity index is 2.47. The van der Waals surface area contributed by atoms with Crippen LogP contribution in [0.2, 0.25) is 0 Å². The molecule has 0 aliphatic carbocycles. The fourth-order valence-corrected chi connectivity index (χ4v) is 4.55. The van der Waals surface area contributed by atoms with Crippen molar-refractivity contribution in [1.82, 2.24) is 4.31 Å². The fourth-order valence-electron chi connectivity index (χ4n) is 2.67. The van der Waals surface area contributed by atoms with E-state index in [4.69, 9.17) is 9.15 Å². The number of carbonyl (C=O) groups is 1. The van der Waals surface area contributed by atoms with E-state index in [1.807, 2.05) is 0 Å². The van der Waals surface area contributed by atoms with Crippen LogP contribution in [0.1, 0.15) is 34.7 Å². The molecule has 21 heavy (non-hydrogen) atoms. The van der Waals surface area contributed by atoms with E-state index in [1.54, 1.807) is 0 Å². The van der Waals surface area contributed by atoms with Gasteiger partial charge in [0.2, 0.25) is 10.0 Å². The van der Waals surface area contributed by atoms with Crippen molar-refractivity contribution in [3.63, 3.8) is 0 Å². The molecule has 8 heteroatoms. The normalized spacial score (nSPS) is 20.6. The summed E-state index contributed by atoms with van der Waals surface area (Å²) in [6.45, 7) is 3.49. The average Bonchev–Trinajstić information content (AvgIpc) is 2.74. The van der Waals surface area contributed by atoms with Crippen molar-refractivity contribution in [3.8, 4) is 0 Å². The topological polar surface area (TPSA) is 97.0 Å². The molecule has 1 aliphatic heterocycles. The molecule has 0 radical (unpaired) electrons. The number of aromatic carboxylic acids is 1. The number of carboxylic acid groups (broad SMARTS) is 1. The molecular weight excluding hydrogens is 298 g/mol. The van der Waals surface area contributed by atoms with Gasteiger partial charge in [-0.3, -0.25) is 0 Å². The van der Waals surface area contributed by atoms with Gasteiger partial charge in [-0.2, -0.15) is 4.31 Å². The number of rotatable bonds is 4. The monoisotopic (exact) mass is 317 g/mol. The van der Waals surface area contributed by atoms with E-state index in [1.165, 1.54) is 25.3 Å². The molecule has 0 saturated carbocycles. The second-order valence-corrected chi connectivity index (χ2v) is 6.96. The third-order valence-electron chi connectivity index (χ3n) is 3.69. The molecule has 7 nitrogen and oxygen atoms in total. The molecule has 0 bridgehead atoms. The molecule has 118 valence electrons. The maximum atomic E-state index is 12.8. The lowest BCUT2D eigenvalue weighted by Gasteiger charge is -2.31. The van der Waals surface area contributed by atoms with Crippen molar-refractivity contribution < 1.29 is 27.5 Å². The molecule has 2 rings (SSSR count). The molecule has 0 amide bonds. The van der Waals surface area contributed by atoms with Crippen LogP contribution in [-0.4, -0.2) is 50.1 Å². The van der Waals surface area contributed by atoms with Crippen molar-refractivity contribution in [1.29, 1.82) is 0 Å². The van der Waals surface area contributed by atoms with Gasteiger partial charge in [0.15, 0.2) is 0 Å². The van der Waals surface area contributed by atoms with Gasteiger partial charge in [0, 0.05) is 20.2 Å². The Labute approximate surface area is 123 Å². The highest BCUT2D eigenvalue weighted by molar-refractivity contribution is 7.89. The number of nitrogens with zero attached hydrogens (tertiary/aromatic N) is 1. The summed E-state index contributed by atoms with van der Waals surface area (Å²) in [5.41, 5.74) is -0.285. The minimum atomic E-state index is -3.91. The van der Waals surface area contributed by atoms with E-state index in [-0.39, 0.29) is 34.6 Å². The van der Waals surface area contributed by atoms with E-state index < -0.39 is 16.0 Å². The van der Waals surface area contributed by atoms with Crippen molar-refractivity contribution in [2.24, 2.45) is 0 Å². The maximum absolute atomic E-state index is 12.8. The molecule has 1 aliphatic rings. The number of hydrogen-bond acceptors (Lipinski definition) is 5. The van der Waals surface area contributed by atoms with Crippen LogP contribution in [0.25, 0.3) is 0 Å². The van der Waals surface area contributed by atoms with Crippen LogP contribution in [0.4, 0.5) is 0 Å². The van der Waals surface area contributed by atoms with E-state index >= 15 is 0 Å². The summed E-state index contributed by atoms with van der Waals surface area (Å²) in [7, 11) is -2.37. The zero-order valence-electron chi connectivity index (χ0n) is 12.2. The van der Waals surface area contributed by atoms with Crippen molar-refractivity contribution in [3.05, 3.63) is 17.1 Å². The van der Waals surface area contributed by atoms with E-state index in [0.717, 1.165) is 6.42 Å². The number of hydrogen-bond donors (Lipinski definition) is 1. The zero-order chi connectivity index (χ0) is 15.8. The Morgan fingerprint density at radius 1 is 1.38 bits per heavy atom. The van der Waals surface area contributed by atoms with Crippen molar-refractivity contribution in [2.75, 3.05) is 20.2 Å². The van der Waals surface area contributed by atoms with Gasteiger partial charge in [0.1, 0.15) is 22.0 Å². The van der Waals surface area contributed by atoms with Crippen LogP contribution in [-0.2, 0) is 14.8 Å². The van der Waals surface area contributed by atoms with Crippen LogP contribution in [0.15, 0.2) is 9.31 Å². The van der Waals surface area contributed by atoms with Gasteiger partial charge < -0.3 is 14.3 Å². The summed E-state index contributed by atoms with van der Waals surface area (Å²) in [6, 6.07) is 0. The number of methoxy groups -OCH3 is 1. The first-order valence-electron chi connectivity index (χ1n) is 6.65. The number of aryl methyl sites for hydroxylation is 2. The predicted octanol–water partition coefficient (Wildman–Crippen LogP) is 1.39. The molecule has 0 aromatic carbocycles. The molecule has 1 saturated heterocycles. The standard InChI is InChI=1S/C13H19NO6S/c1-8-11(13(15)16)12(9(2)20-8)21(17,18)14-6-4-5-10(7-14)19-3/h10H,4-7H2,1-3H3,(H,15,16). The number of carboxylic acids is 1. The van der Waals surface area contributed by atoms with Crippen LogP contribution in [0.3, 0.4) is 0 Å². The average molecular weight is 317 g/mol. The minimum Gasteiger partial charge on any atom is -0.478 e. The quantitative estimate of drug-likeness (QED) is 0.901.